The molecule has 1 atom stereocenters. The van der Waals surface area contributed by atoms with Gasteiger partial charge in [0.2, 0.25) is 5.91 Å². The molecule has 2 aromatic heterocycles. The maximum Gasteiger partial charge on any atom is 0.267 e. The van der Waals surface area contributed by atoms with E-state index in [1.165, 1.54) is 4.68 Å². The molecule has 0 saturated heterocycles. The van der Waals surface area contributed by atoms with Gasteiger partial charge < -0.3 is 5.32 Å². The molecule has 1 aliphatic rings. The summed E-state index contributed by atoms with van der Waals surface area (Å²) in [4.78, 5) is 24.3. The molecular formula is C14H17N5O2. The van der Waals surface area contributed by atoms with Crippen molar-refractivity contribution in [3.05, 3.63) is 39.4 Å². The van der Waals surface area contributed by atoms with Gasteiger partial charge in [-0.1, -0.05) is 0 Å². The number of anilines is 1. The van der Waals surface area contributed by atoms with Gasteiger partial charge >= 0.3 is 0 Å². The predicted octanol–water partition coefficient (Wildman–Crippen LogP) is 0.963. The van der Waals surface area contributed by atoms with Crippen LogP contribution in [0, 0.1) is 6.92 Å². The lowest BCUT2D eigenvalue weighted by Gasteiger charge is -2.14. The summed E-state index contributed by atoms with van der Waals surface area (Å²) in [6, 6.07) is 2.64. The monoisotopic (exact) mass is 287 g/mol. The summed E-state index contributed by atoms with van der Waals surface area (Å²) >= 11 is 0. The van der Waals surface area contributed by atoms with Crippen LogP contribution in [-0.2, 0) is 17.6 Å². The highest BCUT2D eigenvalue weighted by Gasteiger charge is 2.21. The van der Waals surface area contributed by atoms with Gasteiger partial charge in [0.05, 0.1) is 5.69 Å². The molecule has 2 aromatic rings. The van der Waals surface area contributed by atoms with Gasteiger partial charge in [-0.2, -0.15) is 10.2 Å². The molecule has 1 amide bonds. The van der Waals surface area contributed by atoms with E-state index in [9.17, 15) is 9.59 Å². The zero-order valence-electron chi connectivity index (χ0n) is 12.0. The number of amides is 1. The second-order valence-electron chi connectivity index (χ2n) is 5.35. The first-order valence-corrected chi connectivity index (χ1v) is 6.99. The Bertz CT molecular complexity index is 746. The molecular weight excluding hydrogens is 270 g/mol. The van der Waals surface area contributed by atoms with E-state index in [4.69, 9.17) is 0 Å². The van der Waals surface area contributed by atoms with Crippen molar-refractivity contribution in [1.82, 2.24) is 20.0 Å². The van der Waals surface area contributed by atoms with Crippen molar-refractivity contribution in [3.8, 4) is 0 Å². The van der Waals surface area contributed by atoms with E-state index >= 15 is 0 Å². The van der Waals surface area contributed by atoms with E-state index in [1.54, 1.807) is 19.1 Å². The lowest BCUT2D eigenvalue weighted by molar-refractivity contribution is -0.119. The fraction of sp³-hybridized carbons (Fsp3) is 0.429. The molecule has 0 saturated carbocycles. The summed E-state index contributed by atoms with van der Waals surface area (Å²) in [6.07, 6.45) is 2.77. The molecule has 0 aromatic carbocycles. The first-order chi connectivity index (χ1) is 10.0. The molecule has 0 spiro atoms. The summed E-state index contributed by atoms with van der Waals surface area (Å²) < 4.78 is 1.25. The van der Waals surface area contributed by atoms with Crippen LogP contribution in [0.5, 0.6) is 0 Å². The lowest BCUT2D eigenvalue weighted by atomic mass is 10.2. The average molecular weight is 287 g/mol. The number of rotatable bonds is 3. The molecule has 2 N–H and O–H groups in total. The zero-order valence-corrected chi connectivity index (χ0v) is 12.0. The molecule has 7 heteroatoms. The second kappa shape index (κ2) is 5.16. The summed E-state index contributed by atoms with van der Waals surface area (Å²) in [7, 11) is 0. The van der Waals surface area contributed by atoms with Gasteiger partial charge in [0.15, 0.2) is 5.82 Å². The van der Waals surface area contributed by atoms with E-state index < -0.39 is 6.04 Å². The predicted molar refractivity (Wildman–Crippen MR) is 77.2 cm³/mol. The van der Waals surface area contributed by atoms with Crippen LogP contribution >= 0.6 is 0 Å². The minimum Gasteiger partial charge on any atom is -0.307 e. The first kappa shape index (κ1) is 13.5. The van der Waals surface area contributed by atoms with Crippen molar-refractivity contribution in [2.75, 3.05) is 5.32 Å². The lowest BCUT2D eigenvalue weighted by Crippen LogP contribution is -2.34. The Kier molecular flexibility index (Phi) is 3.32. The topological polar surface area (TPSA) is 92.7 Å². The Balaban J connectivity index is 1.83. The number of aromatic nitrogens is 4. The molecule has 1 aliphatic carbocycles. The van der Waals surface area contributed by atoms with Crippen LogP contribution in [0.25, 0.3) is 0 Å². The normalized spacial score (nSPS) is 14.8. The fourth-order valence-electron chi connectivity index (χ4n) is 2.52. The number of carbonyl (C=O) groups is 1. The molecule has 0 radical (unpaired) electrons. The fourth-order valence-corrected chi connectivity index (χ4v) is 2.52. The minimum absolute atomic E-state index is 0.239. The molecule has 0 fully saturated rings. The maximum absolute atomic E-state index is 12.2. The summed E-state index contributed by atoms with van der Waals surface area (Å²) in [6.45, 7) is 3.50. The van der Waals surface area contributed by atoms with E-state index in [2.05, 4.69) is 20.6 Å². The Morgan fingerprint density at radius 3 is 2.95 bits per heavy atom. The van der Waals surface area contributed by atoms with Crippen molar-refractivity contribution >= 4 is 11.7 Å². The number of aromatic amines is 1. The molecule has 0 unspecified atom stereocenters. The highest BCUT2D eigenvalue weighted by atomic mass is 16.2. The van der Waals surface area contributed by atoms with E-state index in [0.29, 0.717) is 5.82 Å². The number of hydrogen-bond acceptors (Lipinski definition) is 4. The van der Waals surface area contributed by atoms with Gasteiger partial charge in [-0.3, -0.25) is 14.7 Å². The first-order valence-electron chi connectivity index (χ1n) is 6.99. The van der Waals surface area contributed by atoms with Crippen LogP contribution in [0.2, 0.25) is 0 Å². The quantitative estimate of drug-likeness (QED) is 0.879. The molecule has 21 heavy (non-hydrogen) atoms. The molecule has 0 aliphatic heterocycles. The van der Waals surface area contributed by atoms with Gasteiger partial charge in [-0.05, 0) is 38.7 Å². The molecule has 3 rings (SSSR count). The minimum atomic E-state index is -0.680. The van der Waals surface area contributed by atoms with Gasteiger partial charge in [-0.25, -0.2) is 4.68 Å². The molecule has 7 nitrogen and oxygen atoms in total. The Labute approximate surface area is 121 Å². The smallest absolute Gasteiger partial charge is 0.267 e. The third-order valence-corrected chi connectivity index (χ3v) is 3.69. The number of fused-ring (bicyclic) bond motifs is 1. The van der Waals surface area contributed by atoms with Crippen LogP contribution < -0.4 is 10.9 Å². The third kappa shape index (κ3) is 2.58. The van der Waals surface area contributed by atoms with Crippen LogP contribution in [-0.4, -0.2) is 25.9 Å². The number of carbonyl (C=O) groups excluding carboxylic acids is 1. The number of nitrogens with one attached hydrogen (secondary N) is 2. The van der Waals surface area contributed by atoms with Crippen LogP contribution in [0.15, 0.2) is 16.9 Å². The number of nitrogens with zero attached hydrogens (tertiary/aromatic N) is 3. The van der Waals surface area contributed by atoms with Gasteiger partial charge in [-0.15, -0.1) is 0 Å². The van der Waals surface area contributed by atoms with Gasteiger partial charge in [0.25, 0.3) is 5.56 Å². The van der Waals surface area contributed by atoms with Crippen LogP contribution in [0.3, 0.4) is 0 Å². The Hall–Kier alpha value is -2.44. The third-order valence-electron chi connectivity index (χ3n) is 3.69. The SMILES string of the molecule is Cc1cc(NC(=O)[C@H](C)n2nc3c(cc2=O)CCC3)n[nH]1. The summed E-state index contributed by atoms with van der Waals surface area (Å²) in [5.74, 6) is 0.132. The van der Waals surface area contributed by atoms with Gasteiger partial charge in [0.1, 0.15) is 6.04 Å². The van der Waals surface area contributed by atoms with Crippen molar-refractivity contribution in [3.63, 3.8) is 0 Å². The van der Waals surface area contributed by atoms with E-state index in [1.807, 2.05) is 6.92 Å². The standard InChI is InChI=1S/C14H17N5O2/c1-8-6-12(17-16-8)15-14(21)9(2)19-13(20)7-10-4-3-5-11(10)18-19/h6-7,9H,3-5H2,1-2H3,(H2,15,16,17,21)/t9-/m0/s1. The molecule has 0 bridgehead atoms. The highest BCUT2D eigenvalue weighted by Crippen LogP contribution is 2.18. The number of aryl methyl sites for hydroxylation is 3. The Morgan fingerprint density at radius 1 is 1.43 bits per heavy atom. The zero-order chi connectivity index (χ0) is 15.0. The van der Waals surface area contributed by atoms with Crippen LogP contribution in [0.4, 0.5) is 5.82 Å². The molecule has 110 valence electrons. The maximum atomic E-state index is 12.2. The van der Waals surface area contributed by atoms with Crippen molar-refractivity contribution in [2.24, 2.45) is 0 Å². The Morgan fingerprint density at radius 2 is 2.24 bits per heavy atom. The average Bonchev–Trinajstić information content (AvgIpc) is 3.05. The molecule has 2 heterocycles. The van der Waals surface area contributed by atoms with E-state index in [-0.39, 0.29) is 11.5 Å². The largest absolute Gasteiger partial charge is 0.307 e. The van der Waals surface area contributed by atoms with E-state index in [0.717, 1.165) is 36.2 Å². The highest BCUT2D eigenvalue weighted by molar-refractivity contribution is 5.92. The van der Waals surface area contributed by atoms with Crippen molar-refractivity contribution in [1.29, 1.82) is 0 Å². The number of hydrogen-bond donors (Lipinski definition) is 2. The number of H-pyrrole nitrogens is 1. The van der Waals surface area contributed by atoms with Gasteiger partial charge in [0, 0.05) is 17.8 Å². The summed E-state index contributed by atoms with van der Waals surface area (Å²) in [5.41, 5.74) is 2.54. The van der Waals surface area contributed by atoms with Crippen molar-refractivity contribution < 1.29 is 4.79 Å². The second-order valence-corrected chi connectivity index (χ2v) is 5.35. The van der Waals surface area contributed by atoms with Crippen LogP contribution in [0.1, 0.15) is 36.3 Å². The van der Waals surface area contributed by atoms with Crippen molar-refractivity contribution in [2.45, 2.75) is 39.2 Å². The summed E-state index contributed by atoms with van der Waals surface area (Å²) in [5, 5.41) is 13.7.